The van der Waals surface area contributed by atoms with Crippen LogP contribution in [0.4, 0.5) is 0 Å². The lowest BCUT2D eigenvalue weighted by Gasteiger charge is -2.30. The van der Waals surface area contributed by atoms with Gasteiger partial charge in [0.25, 0.3) is 5.03 Å². The van der Waals surface area contributed by atoms with E-state index in [2.05, 4.69) is 0 Å². The molecule has 0 saturated carbocycles. The van der Waals surface area contributed by atoms with Crippen LogP contribution >= 0.6 is 0 Å². The van der Waals surface area contributed by atoms with Crippen molar-refractivity contribution in [1.29, 1.82) is 0 Å². The quantitative estimate of drug-likeness (QED) is 0.488. The van der Waals surface area contributed by atoms with E-state index >= 15 is 0 Å². The third kappa shape index (κ3) is 2.37. The Morgan fingerprint density at radius 3 is 2.19 bits per heavy atom. The summed E-state index contributed by atoms with van der Waals surface area (Å²) < 4.78 is -1.21. The van der Waals surface area contributed by atoms with Crippen LogP contribution in [0.1, 0.15) is 26.3 Å². The molecule has 0 aliphatic heterocycles. The van der Waals surface area contributed by atoms with Crippen molar-refractivity contribution in [2.24, 2.45) is 0 Å². The van der Waals surface area contributed by atoms with Crippen molar-refractivity contribution in [3.63, 3.8) is 0 Å². The van der Waals surface area contributed by atoms with Gasteiger partial charge in [-0.1, -0.05) is 30.3 Å². The summed E-state index contributed by atoms with van der Waals surface area (Å²) in [7, 11) is 0. The standard InChI is InChI=1S/C11H17N2O3/c1-11(2,3)13(16,12(14)15)9-10-7-5-4-6-8-10/h4-8,16H,9H2,1-3H3/q+1. The molecular formula is C11H17N2O3+. The lowest BCUT2D eigenvalue weighted by molar-refractivity contribution is -1.45. The molecule has 0 amide bonds. The highest BCUT2D eigenvalue weighted by atomic mass is 16.8. The maximum atomic E-state index is 11.0. The van der Waals surface area contributed by atoms with E-state index in [0.717, 1.165) is 5.56 Å². The lowest BCUT2D eigenvalue weighted by Crippen LogP contribution is -2.60. The maximum Gasteiger partial charge on any atom is 0.273 e. The molecule has 0 saturated heterocycles. The number of hydroxylamine groups is 2. The SMILES string of the molecule is CC(C)(C)[N+](O)(Cc1ccccc1)[N+](=O)[O-]. The first-order chi connectivity index (χ1) is 7.27. The second kappa shape index (κ2) is 4.19. The Kier molecular flexibility index (Phi) is 3.30. The Balaban J connectivity index is 3.03. The van der Waals surface area contributed by atoms with Crippen molar-refractivity contribution in [2.45, 2.75) is 32.9 Å². The Hall–Kier alpha value is -1.46. The summed E-state index contributed by atoms with van der Waals surface area (Å²) in [5, 5.41) is 20.5. The van der Waals surface area contributed by atoms with Crippen LogP contribution in [0.25, 0.3) is 0 Å². The zero-order valence-electron chi connectivity index (χ0n) is 9.75. The largest absolute Gasteiger partial charge is 0.273 e. The van der Waals surface area contributed by atoms with Crippen molar-refractivity contribution < 1.29 is 15.0 Å². The monoisotopic (exact) mass is 225 g/mol. The van der Waals surface area contributed by atoms with Crippen LogP contribution in [0.15, 0.2) is 30.3 Å². The second-order valence-electron chi connectivity index (χ2n) is 4.78. The van der Waals surface area contributed by atoms with Crippen LogP contribution < -0.4 is 0 Å². The number of quaternary nitrogens is 1. The Morgan fingerprint density at radius 2 is 1.81 bits per heavy atom. The molecule has 88 valence electrons. The van der Waals surface area contributed by atoms with Crippen molar-refractivity contribution in [3.05, 3.63) is 46.0 Å². The van der Waals surface area contributed by atoms with Gasteiger partial charge >= 0.3 is 0 Å². The molecule has 1 rings (SSSR count). The van der Waals surface area contributed by atoms with Crippen LogP contribution in [-0.2, 0) is 6.54 Å². The zero-order chi connectivity index (χ0) is 12.4. The van der Waals surface area contributed by atoms with Crippen molar-refractivity contribution in [1.82, 2.24) is 0 Å². The Bertz CT molecular complexity index is 373. The van der Waals surface area contributed by atoms with Gasteiger partial charge in [0.2, 0.25) is 0 Å². The minimum atomic E-state index is -1.21. The van der Waals surface area contributed by atoms with Gasteiger partial charge in [-0.25, -0.2) is 10.1 Å². The number of nitro groups is 1. The molecule has 16 heavy (non-hydrogen) atoms. The number of benzene rings is 1. The van der Waals surface area contributed by atoms with Crippen molar-refractivity contribution in [2.75, 3.05) is 0 Å². The predicted molar refractivity (Wildman–Crippen MR) is 58.9 cm³/mol. The number of rotatable bonds is 3. The third-order valence-electron chi connectivity index (χ3n) is 2.59. The smallest absolute Gasteiger partial charge is 0.205 e. The normalized spacial score (nSPS) is 15.5. The highest BCUT2D eigenvalue weighted by molar-refractivity contribution is 5.13. The Morgan fingerprint density at radius 1 is 1.31 bits per heavy atom. The molecule has 5 nitrogen and oxygen atoms in total. The first-order valence-electron chi connectivity index (χ1n) is 5.07. The summed E-state index contributed by atoms with van der Waals surface area (Å²) >= 11 is 0. The third-order valence-corrected chi connectivity index (χ3v) is 2.59. The van der Waals surface area contributed by atoms with Crippen LogP contribution in [0.2, 0.25) is 0 Å². The average Bonchev–Trinajstić information content (AvgIpc) is 2.17. The van der Waals surface area contributed by atoms with E-state index in [0.29, 0.717) is 0 Å². The van der Waals surface area contributed by atoms with Gasteiger partial charge in [0.1, 0.15) is 0 Å². The molecule has 1 atom stereocenters. The molecular weight excluding hydrogens is 208 g/mol. The van der Waals surface area contributed by atoms with Gasteiger partial charge in [0.15, 0.2) is 12.1 Å². The van der Waals surface area contributed by atoms with Crippen molar-refractivity contribution >= 4 is 0 Å². The van der Waals surface area contributed by atoms with E-state index in [4.69, 9.17) is 0 Å². The lowest BCUT2D eigenvalue weighted by atomic mass is 10.1. The molecule has 0 spiro atoms. The highest BCUT2D eigenvalue weighted by Gasteiger charge is 2.52. The minimum Gasteiger partial charge on any atom is -0.205 e. The second-order valence-corrected chi connectivity index (χ2v) is 4.78. The van der Waals surface area contributed by atoms with Crippen molar-refractivity contribution in [3.8, 4) is 0 Å². The van der Waals surface area contributed by atoms with E-state index in [1.807, 2.05) is 6.07 Å². The van der Waals surface area contributed by atoms with Gasteiger partial charge < -0.3 is 0 Å². The van der Waals surface area contributed by atoms with Gasteiger partial charge in [0, 0.05) is 5.56 Å². The number of nitrogens with zero attached hydrogens (tertiary/aromatic N) is 2. The fourth-order valence-corrected chi connectivity index (χ4v) is 1.38. The maximum absolute atomic E-state index is 11.0. The van der Waals surface area contributed by atoms with Crippen LogP contribution in [0.5, 0.6) is 0 Å². The van der Waals surface area contributed by atoms with E-state index in [1.54, 1.807) is 45.0 Å². The van der Waals surface area contributed by atoms with Crippen LogP contribution in [-0.4, -0.2) is 20.5 Å². The molecule has 1 aromatic rings. The van der Waals surface area contributed by atoms with Crippen LogP contribution in [0.3, 0.4) is 0 Å². The van der Waals surface area contributed by atoms with Gasteiger partial charge in [-0.15, -0.1) is 0 Å². The fourth-order valence-electron chi connectivity index (χ4n) is 1.38. The van der Waals surface area contributed by atoms with E-state index in [9.17, 15) is 15.3 Å². The molecule has 5 heteroatoms. The van der Waals surface area contributed by atoms with Crippen LogP contribution in [0, 0.1) is 10.1 Å². The summed E-state index contributed by atoms with van der Waals surface area (Å²) in [4.78, 5) is 11.0. The Labute approximate surface area is 94.6 Å². The summed E-state index contributed by atoms with van der Waals surface area (Å²) in [5.74, 6) is 0. The van der Waals surface area contributed by atoms with Gasteiger partial charge in [0.05, 0.1) is 4.76 Å². The highest BCUT2D eigenvalue weighted by Crippen LogP contribution is 2.25. The molecule has 1 unspecified atom stereocenters. The van der Waals surface area contributed by atoms with Gasteiger partial charge in [-0.3, -0.25) is 0 Å². The number of hydrogen-bond donors (Lipinski definition) is 1. The molecule has 0 radical (unpaired) electrons. The molecule has 0 fully saturated rings. The minimum absolute atomic E-state index is 0.0443. The summed E-state index contributed by atoms with van der Waals surface area (Å²) in [6.07, 6.45) is 0. The zero-order valence-corrected chi connectivity index (χ0v) is 9.75. The molecule has 0 aliphatic rings. The summed E-state index contributed by atoms with van der Waals surface area (Å²) in [6.45, 7) is 4.87. The van der Waals surface area contributed by atoms with E-state index in [1.165, 1.54) is 0 Å². The molecule has 0 heterocycles. The topological polar surface area (TPSA) is 63.4 Å². The molecule has 1 aromatic carbocycles. The van der Waals surface area contributed by atoms with E-state index < -0.39 is 15.3 Å². The van der Waals surface area contributed by atoms with Gasteiger partial charge in [-0.05, 0) is 20.8 Å². The predicted octanol–water partition coefficient (Wildman–Crippen LogP) is 2.38. The summed E-state index contributed by atoms with van der Waals surface area (Å²) in [5.41, 5.74) is -0.143. The molecule has 0 aliphatic carbocycles. The number of hydrogen-bond acceptors (Lipinski definition) is 3. The molecule has 0 aromatic heterocycles. The molecule has 1 N–H and O–H groups in total. The summed E-state index contributed by atoms with van der Waals surface area (Å²) in [6, 6.07) is 8.94. The first kappa shape index (κ1) is 12.6. The van der Waals surface area contributed by atoms with E-state index in [-0.39, 0.29) is 6.54 Å². The first-order valence-corrected chi connectivity index (χ1v) is 5.07. The fraction of sp³-hybridized carbons (Fsp3) is 0.455. The average molecular weight is 225 g/mol. The van der Waals surface area contributed by atoms with Gasteiger partial charge in [-0.2, -0.15) is 5.21 Å². The molecule has 0 bridgehead atoms.